The van der Waals surface area contributed by atoms with E-state index in [4.69, 9.17) is 5.73 Å². The lowest BCUT2D eigenvalue weighted by Gasteiger charge is -2.33. The molecule has 0 saturated carbocycles. The van der Waals surface area contributed by atoms with Gasteiger partial charge in [-0.2, -0.15) is 0 Å². The van der Waals surface area contributed by atoms with E-state index < -0.39 is 6.10 Å². The number of hydrogen-bond donors (Lipinski definition) is 2. The number of nitrogens with zero attached hydrogens (tertiary/aromatic N) is 2. The number of nitrogens with two attached hydrogens (primary N) is 1. The maximum atomic E-state index is 10.6. The van der Waals surface area contributed by atoms with Gasteiger partial charge in [0.25, 0.3) is 0 Å². The Balaban J connectivity index is 1.88. The van der Waals surface area contributed by atoms with Crippen LogP contribution in [0.1, 0.15) is 11.7 Å². The second kappa shape index (κ2) is 5.84. The standard InChI is InChI=1S/C13H19N3O2/c14-12-3-1-2-11(8-12)13(18)9-15-4-6-16(10-17)7-5-15/h1-3,8,10,13,18H,4-7,9,14H2. The van der Waals surface area contributed by atoms with Crippen molar-refractivity contribution in [3.63, 3.8) is 0 Å². The van der Waals surface area contributed by atoms with E-state index in [1.807, 2.05) is 12.1 Å². The minimum atomic E-state index is -0.531. The van der Waals surface area contributed by atoms with Crippen LogP contribution in [0.25, 0.3) is 0 Å². The topological polar surface area (TPSA) is 69.8 Å². The summed E-state index contributed by atoms with van der Waals surface area (Å²) in [7, 11) is 0. The molecule has 0 spiro atoms. The van der Waals surface area contributed by atoms with Crippen LogP contribution < -0.4 is 5.73 Å². The molecule has 18 heavy (non-hydrogen) atoms. The molecule has 3 N–H and O–H groups in total. The van der Waals surface area contributed by atoms with E-state index >= 15 is 0 Å². The maximum absolute atomic E-state index is 10.6. The fourth-order valence-electron chi connectivity index (χ4n) is 2.17. The van der Waals surface area contributed by atoms with Gasteiger partial charge in [0.15, 0.2) is 0 Å². The van der Waals surface area contributed by atoms with Gasteiger partial charge in [-0.1, -0.05) is 12.1 Å². The number of hydrogen-bond acceptors (Lipinski definition) is 4. The molecule has 1 heterocycles. The normalized spacial score (nSPS) is 18.6. The van der Waals surface area contributed by atoms with Gasteiger partial charge in [0.1, 0.15) is 0 Å². The van der Waals surface area contributed by atoms with E-state index in [9.17, 15) is 9.90 Å². The third kappa shape index (κ3) is 3.21. The number of aliphatic hydroxyl groups is 1. The Labute approximate surface area is 107 Å². The number of amides is 1. The van der Waals surface area contributed by atoms with Crippen molar-refractivity contribution < 1.29 is 9.90 Å². The third-order valence-electron chi connectivity index (χ3n) is 3.28. The molecule has 1 aromatic carbocycles. The highest BCUT2D eigenvalue weighted by Gasteiger charge is 2.18. The minimum Gasteiger partial charge on any atom is -0.399 e. The first kappa shape index (κ1) is 12.9. The van der Waals surface area contributed by atoms with Crippen molar-refractivity contribution in [2.75, 3.05) is 38.5 Å². The molecule has 1 aromatic rings. The lowest BCUT2D eigenvalue weighted by molar-refractivity contribution is -0.119. The average Bonchev–Trinajstić information content (AvgIpc) is 2.39. The average molecular weight is 249 g/mol. The molecule has 1 aliphatic heterocycles. The van der Waals surface area contributed by atoms with Crippen LogP contribution in [0, 0.1) is 0 Å². The zero-order valence-corrected chi connectivity index (χ0v) is 10.3. The van der Waals surface area contributed by atoms with E-state index in [0.29, 0.717) is 12.2 Å². The Morgan fingerprint density at radius 1 is 1.33 bits per heavy atom. The van der Waals surface area contributed by atoms with Crippen LogP contribution in [0.2, 0.25) is 0 Å². The summed E-state index contributed by atoms with van der Waals surface area (Å²) >= 11 is 0. The molecule has 1 amide bonds. The Bertz CT molecular complexity index is 403. The molecular formula is C13H19N3O2. The van der Waals surface area contributed by atoms with Gasteiger partial charge in [0, 0.05) is 38.4 Å². The number of anilines is 1. The van der Waals surface area contributed by atoms with Gasteiger partial charge in [-0.05, 0) is 17.7 Å². The molecule has 0 aromatic heterocycles. The van der Waals surface area contributed by atoms with Crippen molar-refractivity contribution in [3.8, 4) is 0 Å². The molecule has 98 valence electrons. The maximum Gasteiger partial charge on any atom is 0.209 e. The number of benzene rings is 1. The van der Waals surface area contributed by atoms with Crippen LogP contribution >= 0.6 is 0 Å². The van der Waals surface area contributed by atoms with Crippen molar-refractivity contribution in [1.29, 1.82) is 0 Å². The molecule has 1 saturated heterocycles. The van der Waals surface area contributed by atoms with Gasteiger partial charge in [-0.3, -0.25) is 9.69 Å². The number of rotatable bonds is 4. The molecular weight excluding hydrogens is 230 g/mol. The van der Waals surface area contributed by atoms with Crippen molar-refractivity contribution in [3.05, 3.63) is 29.8 Å². The predicted octanol–water partition coefficient (Wildman–Crippen LogP) is 0.0762. The van der Waals surface area contributed by atoms with E-state index in [2.05, 4.69) is 4.90 Å². The van der Waals surface area contributed by atoms with Crippen LogP contribution in [0.5, 0.6) is 0 Å². The summed E-state index contributed by atoms with van der Waals surface area (Å²) in [6, 6.07) is 7.33. The molecule has 1 unspecified atom stereocenters. The smallest absolute Gasteiger partial charge is 0.209 e. The van der Waals surface area contributed by atoms with Crippen LogP contribution in [0.15, 0.2) is 24.3 Å². The number of piperazine rings is 1. The van der Waals surface area contributed by atoms with Gasteiger partial charge in [0.05, 0.1) is 6.10 Å². The molecule has 1 aliphatic rings. The first-order valence-electron chi connectivity index (χ1n) is 6.14. The number of carbonyl (C=O) groups excluding carboxylic acids is 1. The first-order chi connectivity index (χ1) is 8.69. The Morgan fingerprint density at radius 3 is 2.67 bits per heavy atom. The number of nitrogen functional groups attached to an aromatic ring is 1. The summed E-state index contributed by atoms with van der Waals surface area (Å²) in [4.78, 5) is 14.5. The molecule has 0 aliphatic carbocycles. The summed E-state index contributed by atoms with van der Waals surface area (Å²) in [5.74, 6) is 0. The summed E-state index contributed by atoms with van der Waals surface area (Å²) in [6.07, 6.45) is 0.349. The highest BCUT2D eigenvalue weighted by Crippen LogP contribution is 2.17. The quantitative estimate of drug-likeness (QED) is 0.585. The summed E-state index contributed by atoms with van der Waals surface area (Å²) < 4.78 is 0. The molecule has 0 bridgehead atoms. The predicted molar refractivity (Wildman–Crippen MR) is 69.9 cm³/mol. The van der Waals surface area contributed by atoms with Crippen LogP contribution in [-0.4, -0.2) is 54.0 Å². The molecule has 1 fully saturated rings. The van der Waals surface area contributed by atoms with E-state index in [-0.39, 0.29) is 0 Å². The van der Waals surface area contributed by atoms with E-state index in [1.54, 1.807) is 17.0 Å². The largest absolute Gasteiger partial charge is 0.399 e. The fraction of sp³-hybridized carbons (Fsp3) is 0.462. The number of β-amino-alcohol motifs (C(OH)–C–C–N with tert-alkyl or cyclic N) is 1. The van der Waals surface area contributed by atoms with Crippen LogP contribution in [-0.2, 0) is 4.79 Å². The van der Waals surface area contributed by atoms with E-state index in [1.165, 1.54) is 0 Å². The lowest BCUT2D eigenvalue weighted by Crippen LogP contribution is -2.46. The van der Waals surface area contributed by atoms with E-state index in [0.717, 1.165) is 38.2 Å². The molecule has 5 nitrogen and oxygen atoms in total. The SMILES string of the molecule is Nc1cccc(C(O)CN2CCN(C=O)CC2)c1. The molecule has 0 radical (unpaired) electrons. The van der Waals surface area contributed by atoms with Gasteiger partial charge < -0.3 is 15.7 Å². The molecule has 2 rings (SSSR count). The number of carbonyl (C=O) groups is 1. The lowest BCUT2D eigenvalue weighted by atomic mass is 10.1. The van der Waals surface area contributed by atoms with Crippen molar-refractivity contribution in [2.45, 2.75) is 6.10 Å². The number of aliphatic hydroxyl groups excluding tert-OH is 1. The Morgan fingerprint density at radius 2 is 2.06 bits per heavy atom. The third-order valence-corrected chi connectivity index (χ3v) is 3.28. The second-order valence-electron chi connectivity index (χ2n) is 4.63. The Hall–Kier alpha value is -1.59. The highest BCUT2D eigenvalue weighted by atomic mass is 16.3. The fourth-order valence-corrected chi connectivity index (χ4v) is 2.17. The minimum absolute atomic E-state index is 0.531. The second-order valence-corrected chi connectivity index (χ2v) is 4.63. The monoisotopic (exact) mass is 249 g/mol. The zero-order chi connectivity index (χ0) is 13.0. The van der Waals surface area contributed by atoms with Crippen molar-refractivity contribution in [1.82, 2.24) is 9.80 Å². The first-order valence-corrected chi connectivity index (χ1v) is 6.14. The van der Waals surface area contributed by atoms with Gasteiger partial charge >= 0.3 is 0 Å². The molecule has 1 atom stereocenters. The van der Waals surface area contributed by atoms with Crippen molar-refractivity contribution >= 4 is 12.1 Å². The highest BCUT2D eigenvalue weighted by molar-refractivity contribution is 5.47. The summed E-state index contributed by atoms with van der Waals surface area (Å²) in [6.45, 7) is 3.65. The zero-order valence-electron chi connectivity index (χ0n) is 10.3. The summed E-state index contributed by atoms with van der Waals surface area (Å²) in [5, 5.41) is 10.1. The Kier molecular flexibility index (Phi) is 4.17. The van der Waals surface area contributed by atoms with Gasteiger partial charge in [0.2, 0.25) is 6.41 Å². The summed E-state index contributed by atoms with van der Waals surface area (Å²) in [5.41, 5.74) is 7.20. The van der Waals surface area contributed by atoms with Crippen molar-refractivity contribution in [2.24, 2.45) is 0 Å². The van der Waals surface area contributed by atoms with Crippen LogP contribution in [0.4, 0.5) is 5.69 Å². The molecule has 5 heteroatoms. The van der Waals surface area contributed by atoms with Gasteiger partial charge in [-0.15, -0.1) is 0 Å². The van der Waals surface area contributed by atoms with Gasteiger partial charge in [-0.25, -0.2) is 0 Å². The van der Waals surface area contributed by atoms with Crippen LogP contribution in [0.3, 0.4) is 0 Å².